The van der Waals surface area contributed by atoms with Gasteiger partial charge in [0.15, 0.2) is 0 Å². The van der Waals surface area contributed by atoms with E-state index in [-0.39, 0.29) is 18.6 Å². The Bertz CT molecular complexity index is 610. The van der Waals surface area contributed by atoms with Gasteiger partial charge in [-0.3, -0.25) is 0 Å². The fourth-order valence-electron chi connectivity index (χ4n) is 1.81. The zero-order valence-electron chi connectivity index (χ0n) is 12.1. The number of carbonyl (C=O) groups is 1. The summed E-state index contributed by atoms with van der Waals surface area (Å²) < 4.78 is 5.21. The molecule has 0 bridgehead atoms. The lowest BCUT2D eigenvalue weighted by atomic mass is 10.2. The van der Waals surface area contributed by atoms with Crippen molar-refractivity contribution >= 4 is 17.6 Å². The van der Waals surface area contributed by atoms with Crippen molar-refractivity contribution in [1.82, 2.24) is 20.4 Å². The molecule has 1 heterocycles. The highest BCUT2D eigenvalue weighted by Crippen LogP contribution is 2.19. The Labute approximate surface area is 128 Å². The Morgan fingerprint density at radius 2 is 2.05 bits per heavy atom. The molecule has 2 amide bonds. The fourth-order valence-corrected chi connectivity index (χ4v) is 1.94. The first-order valence-electron chi connectivity index (χ1n) is 6.58. The van der Waals surface area contributed by atoms with Gasteiger partial charge in [0, 0.05) is 23.7 Å². The summed E-state index contributed by atoms with van der Waals surface area (Å²) >= 11 is 5.84. The number of aromatic nitrogens is 2. The van der Waals surface area contributed by atoms with Crippen LogP contribution in [0, 0.1) is 0 Å². The topological polar surface area (TPSA) is 71.3 Å². The number of benzene rings is 1. The predicted molar refractivity (Wildman–Crippen MR) is 79.9 cm³/mol. The van der Waals surface area contributed by atoms with Gasteiger partial charge < -0.3 is 14.7 Å². The normalized spacial score (nSPS) is 10.7. The highest BCUT2D eigenvalue weighted by Gasteiger charge is 2.19. The zero-order chi connectivity index (χ0) is 15.4. The van der Waals surface area contributed by atoms with Crippen molar-refractivity contribution in [3.63, 3.8) is 0 Å². The Hall–Kier alpha value is -2.08. The molecule has 0 saturated carbocycles. The third-order valence-electron chi connectivity index (χ3n) is 2.97. The van der Waals surface area contributed by atoms with Crippen LogP contribution >= 0.6 is 11.6 Å². The van der Waals surface area contributed by atoms with Crippen molar-refractivity contribution < 1.29 is 9.32 Å². The molecule has 7 heteroatoms. The molecule has 2 aromatic rings. The number of rotatable bonds is 4. The van der Waals surface area contributed by atoms with Crippen LogP contribution in [0.25, 0.3) is 11.4 Å². The van der Waals surface area contributed by atoms with E-state index in [0.717, 1.165) is 5.56 Å². The van der Waals surface area contributed by atoms with Gasteiger partial charge in [-0.25, -0.2) is 4.79 Å². The van der Waals surface area contributed by atoms with E-state index < -0.39 is 0 Å². The molecule has 0 unspecified atom stereocenters. The number of nitrogens with zero attached hydrogens (tertiary/aromatic N) is 3. The molecule has 0 saturated heterocycles. The molecule has 112 valence electrons. The average Bonchev–Trinajstić information content (AvgIpc) is 2.93. The average molecular weight is 309 g/mol. The van der Waals surface area contributed by atoms with E-state index in [1.54, 1.807) is 24.1 Å². The Kier molecular flexibility index (Phi) is 4.80. The van der Waals surface area contributed by atoms with Crippen LogP contribution < -0.4 is 5.32 Å². The van der Waals surface area contributed by atoms with Crippen molar-refractivity contribution in [2.75, 3.05) is 7.05 Å². The minimum Gasteiger partial charge on any atom is -0.341 e. The molecule has 1 N–H and O–H groups in total. The molecule has 0 radical (unpaired) electrons. The molecule has 0 aliphatic rings. The molecule has 0 aliphatic heterocycles. The minimum atomic E-state index is -0.184. The quantitative estimate of drug-likeness (QED) is 0.942. The maximum atomic E-state index is 11.8. The number of hydrogen-bond acceptors (Lipinski definition) is 4. The molecular formula is C14H17ClN4O2. The maximum absolute atomic E-state index is 11.8. The van der Waals surface area contributed by atoms with E-state index in [2.05, 4.69) is 15.5 Å². The largest absolute Gasteiger partial charge is 0.341 e. The number of halogens is 1. The van der Waals surface area contributed by atoms with Crippen LogP contribution in [0.4, 0.5) is 4.79 Å². The minimum absolute atomic E-state index is 0.0239. The standard InChI is InChI=1S/C14H17ClN4O2/c1-9(2)19(14(20)16-3)8-12-17-13(18-21-12)10-4-6-11(15)7-5-10/h4-7,9H,8H2,1-3H3,(H,16,20). The van der Waals surface area contributed by atoms with Gasteiger partial charge >= 0.3 is 6.03 Å². The molecular weight excluding hydrogens is 292 g/mol. The van der Waals surface area contributed by atoms with Gasteiger partial charge in [-0.1, -0.05) is 16.8 Å². The summed E-state index contributed by atoms with van der Waals surface area (Å²) in [5, 5.41) is 7.17. The van der Waals surface area contributed by atoms with Crippen molar-refractivity contribution in [2.24, 2.45) is 0 Å². The van der Waals surface area contributed by atoms with Gasteiger partial charge in [-0.05, 0) is 38.1 Å². The summed E-state index contributed by atoms with van der Waals surface area (Å²) in [6, 6.07) is 6.99. The van der Waals surface area contributed by atoms with E-state index in [0.29, 0.717) is 16.7 Å². The molecule has 0 fully saturated rings. The Balaban J connectivity index is 2.15. The van der Waals surface area contributed by atoms with Crippen molar-refractivity contribution in [3.05, 3.63) is 35.2 Å². The van der Waals surface area contributed by atoms with Gasteiger partial charge in [0.05, 0.1) is 0 Å². The van der Waals surface area contributed by atoms with Crippen LogP contribution in [-0.2, 0) is 6.54 Å². The Morgan fingerprint density at radius 1 is 1.38 bits per heavy atom. The van der Waals surface area contributed by atoms with Gasteiger partial charge in [0.1, 0.15) is 6.54 Å². The second-order valence-corrected chi connectivity index (χ2v) is 5.23. The van der Waals surface area contributed by atoms with Gasteiger partial charge in [0.2, 0.25) is 11.7 Å². The van der Waals surface area contributed by atoms with Crippen molar-refractivity contribution in [1.29, 1.82) is 0 Å². The third-order valence-corrected chi connectivity index (χ3v) is 3.23. The summed E-state index contributed by atoms with van der Waals surface area (Å²) in [5.41, 5.74) is 0.811. The molecule has 0 atom stereocenters. The summed E-state index contributed by atoms with van der Waals surface area (Å²) in [6.45, 7) is 4.11. The first kappa shape index (κ1) is 15.3. The molecule has 21 heavy (non-hydrogen) atoms. The van der Waals surface area contributed by atoms with Gasteiger partial charge in [-0.15, -0.1) is 0 Å². The van der Waals surface area contributed by atoms with E-state index in [1.165, 1.54) is 0 Å². The van der Waals surface area contributed by atoms with Crippen LogP contribution in [0.5, 0.6) is 0 Å². The number of carbonyl (C=O) groups excluding carboxylic acids is 1. The van der Waals surface area contributed by atoms with E-state index in [9.17, 15) is 4.79 Å². The third kappa shape index (κ3) is 3.72. The molecule has 1 aromatic carbocycles. The summed E-state index contributed by atoms with van der Waals surface area (Å²) in [7, 11) is 1.59. The van der Waals surface area contributed by atoms with Crippen LogP contribution in [0.2, 0.25) is 5.02 Å². The molecule has 1 aromatic heterocycles. The highest BCUT2D eigenvalue weighted by molar-refractivity contribution is 6.30. The van der Waals surface area contributed by atoms with Crippen LogP contribution in [0.3, 0.4) is 0 Å². The second kappa shape index (κ2) is 6.58. The smallest absolute Gasteiger partial charge is 0.317 e. The lowest BCUT2D eigenvalue weighted by Crippen LogP contribution is -2.42. The van der Waals surface area contributed by atoms with Crippen molar-refractivity contribution in [3.8, 4) is 11.4 Å². The summed E-state index contributed by atoms with van der Waals surface area (Å²) in [4.78, 5) is 17.7. The second-order valence-electron chi connectivity index (χ2n) is 4.80. The molecule has 0 spiro atoms. The van der Waals surface area contributed by atoms with Gasteiger partial charge in [-0.2, -0.15) is 4.98 Å². The monoisotopic (exact) mass is 308 g/mol. The first-order chi connectivity index (χ1) is 10.0. The number of nitrogens with one attached hydrogen (secondary N) is 1. The highest BCUT2D eigenvalue weighted by atomic mass is 35.5. The van der Waals surface area contributed by atoms with E-state index >= 15 is 0 Å². The van der Waals surface area contributed by atoms with Crippen molar-refractivity contribution in [2.45, 2.75) is 26.4 Å². The van der Waals surface area contributed by atoms with Crippen LogP contribution in [0.15, 0.2) is 28.8 Å². The Morgan fingerprint density at radius 3 is 2.62 bits per heavy atom. The fraction of sp³-hybridized carbons (Fsp3) is 0.357. The first-order valence-corrected chi connectivity index (χ1v) is 6.96. The zero-order valence-corrected chi connectivity index (χ0v) is 12.9. The van der Waals surface area contributed by atoms with Crippen LogP contribution in [-0.4, -0.2) is 34.2 Å². The number of hydrogen-bond donors (Lipinski definition) is 1. The summed E-state index contributed by atoms with van der Waals surface area (Å²) in [6.07, 6.45) is 0. The molecule has 0 aliphatic carbocycles. The predicted octanol–water partition coefficient (Wildman–Crippen LogP) is 2.94. The maximum Gasteiger partial charge on any atom is 0.317 e. The van der Waals surface area contributed by atoms with E-state index in [4.69, 9.17) is 16.1 Å². The summed E-state index contributed by atoms with van der Waals surface area (Å²) in [5.74, 6) is 0.861. The van der Waals surface area contributed by atoms with Crippen LogP contribution in [0.1, 0.15) is 19.7 Å². The number of urea groups is 1. The number of amides is 2. The van der Waals surface area contributed by atoms with Gasteiger partial charge in [0.25, 0.3) is 0 Å². The SMILES string of the molecule is CNC(=O)N(Cc1nc(-c2ccc(Cl)cc2)no1)C(C)C. The lowest BCUT2D eigenvalue weighted by molar-refractivity contribution is 0.171. The molecule has 2 rings (SSSR count). The van der Waals surface area contributed by atoms with E-state index in [1.807, 2.05) is 26.0 Å². The lowest BCUT2D eigenvalue weighted by Gasteiger charge is -2.24. The molecule has 6 nitrogen and oxygen atoms in total.